The monoisotopic (exact) mass is 447 g/mol. The van der Waals surface area contributed by atoms with E-state index in [0.29, 0.717) is 44.3 Å². The van der Waals surface area contributed by atoms with Gasteiger partial charge >= 0.3 is 0 Å². The zero-order chi connectivity index (χ0) is 21.8. The van der Waals surface area contributed by atoms with E-state index in [4.69, 9.17) is 16.3 Å². The Hall–Kier alpha value is -2.58. The minimum atomic E-state index is -1.01. The van der Waals surface area contributed by atoms with Crippen molar-refractivity contribution in [3.63, 3.8) is 0 Å². The molecule has 2 atom stereocenters. The highest BCUT2D eigenvalue weighted by atomic mass is 35.5. The van der Waals surface area contributed by atoms with Crippen LogP contribution in [0, 0.1) is 11.6 Å². The number of amides is 2. The minimum Gasteiger partial charge on any atom is -0.342 e. The summed E-state index contributed by atoms with van der Waals surface area (Å²) in [6.45, 7) is 0.661. The first-order valence-corrected chi connectivity index (χ1v) is 10.6. The quantitative estimate of drug-likeness (QED) is 0.704. The maximum Gasteiger partial charge on any atom is 0.274 e. The van der Waals surface area contributed by atoms with Crippen LogP contribution >= 0.6 is 11.6 Å². The summed E-state index contributed by atoms with van der Waals surface area (Å²) in [5.74, 6) is -1.78. The predicted octanol–water partition coefficient (Wildman–Crippen LogP) is 3.71. The van der Waals surface area contributed by atoms with Crippen molar-refractivity contribution in [2.75, 3.05) is 13.1 Å². The van der Waals surface area contributed by atoms with Crippen molar-refractivity contribution in [2.45, 2.75) is 43.6 Å². The molecule has 0 N–H and O–H groups in total. The van der Waals surface area contributed by atoms with Gasteiger partial charge in [0.15, 0.2) is 5.60 Å². The van der Waals surface area contributed by atoms with Gasteiger partial charge in [0, 0.05) is 38.2 Å². The Morgan fingerprint density at radius 1 is 1.16 bits per heavy atom. The summed E-state index contributed by atoms with van der Waals surface area (Å²) in [7, 11) is 0. The number of carbonyl (C=O) groups is 2. The van der Waals surface area contributed by atoms with Crippen LogP contribution in [-0.4, -0.2) is 51.5 Å². The van der Waals surface area contributed by atoms with Crippen molar-refractivity contribution in [3.8, 4) is 0 Å². The van der Waals surface area contributed by atoms with Gasteiger partial charge in [-0.3, -0.25) is 9.59 Å². The molecule has 0 unspecified atom stereocenters. The predicted molar refractivity (Wildman–Crippen MR) is 107 cm³/mol. The number of hydrogen-bond donors (Lipinski definition) is 0. The fraction of sp³-hybridized carbons (Fsp3) is 0.409. The van der Waals surface area contributed by atoms with Crippen LogP contribution in [0.2, 0.25) is 5.02 Å². The van der Waals surface area contributed by atoms with Gasteiger partial charge in [-0.1, -0.05) is 11.6 Å². The van der Waals surface area contributed by atoms with Crippen LogP contribution < -0.4 is 0 Å². The molecule has 3 aliphatic rings. The van der Waals surface area contributed by atoms with Gasteiger partial charge < -0.3 is 14.5 Å². The summed E-state index contributed by atoms with van der Waals surface area (Å²) in [6.07, 6.45) is 2.97. The first-order valence-electron chi connectivity index (χ1n) is 10.2. The molecule has 3 fully saturated rings. The molecule has 2 aromatic rings. The molecule has 3 saturated heterocycles. The van der Waals surface area contributed by atoms with E-state index in [1.807, 2.05) is 0 Å². The van der Waals surface area contributed by atoms with Gasteiger partial charge in [-0.05, 0) is 42.7 Å². The molecule has 0 saturated carbocycles. The van der Waals surface area contributed by atoms with Crippen molar-refractivity contribution >= 4 is 23.4 Å². The van der Waals surface area contributed by atoms with Crippen LogP contribution in [0.25, 0.3) is 0 Å². The number of ether oxygens (including phenoxy) is 1. The van der Waals surface area contributed by atoms with Crippen molar-refractivity contribution in [1.82, 2.24) is 14.8 Å². The molecule has 2 amide bonds. The van der Waals surface area contributed by atoms with Gasteiger partial charge in [0.1, 0.15) is 23.6 Å². The van der Waals surface area contributed by atoms with Crippen LogP contribution in [0.3, 0.4) is 0 Å². The average Bonchev–Trinajstić information content (AvgIpc) is 3.26. The normalized spacial score (nSPS) is 24.7. The zero-order valence-electron chi connectivity index (χ0n) is 16.6. The Kier molecular flexibility index (Phi) is 4.94. The number of likely N-dealkylation sites (tertiary alicyclic amines) is 1. The van der Waals surface area contributed by atoms with Crippen molar-refractivity contribution in [2.24, 2.45) is 0 Å². The second-order valence-corrected chi connectivity index (χ2v) is 8.61. The number of aromatic nitrogens is 1. The number of hydrogen-bond acceptors (Lipinski definition) is 4. The highest BCUT2D eigenvalue weighted by Crippen LogP contribution is 2.47. The molecule has 162 valence electrons. The molecule has 31 heavy (non-hydrogen) atoms. The van der Waals surface area contributed by atoms with Crippen LogP contribution in [0.4, 0.5) is 8.78 Å². The first kappa shape index (κ1) is 20.3. The molecule has 0 aliphatic carbocycles. The van der Waals surface area contributed by atoms with E-state index in [2.05, 4.69) is 4.98 Å². The van der Waals surface area contributed by atoms with Crippen molar-refractivity contribution < 1.29 is 23.1 Å². The lowest BCUT2D eigenvalue weighted by Crippen LogP contribution is -2.51. The molecule has 3 aliphatic heterocycles. The van der Waals surface area contributed by atoms with Crippen LogP contribution in [0.15, 0.2) is 36.5 Å². The lowest BCUT2D eigenvalue weighted by atomic mass is 9.89. The number of rotatable bonds is 2. The van der Waals surface area contributed by atoms with Gasteiger partial charge in [0.05, 0.1) is 11.1 Å². The van der Waals surface area contributed by atoms with E-state index in [1.165, 1.54) is 18.3 Å². The van der Waals surface area contributed by atoms with E-state index in [0.717, 1.165) is 6.07 Å². The molecule has 0 radical (unpaired) electrons. The third kappa shape index (κ3) is 3.38. The number of nitrogens with zero attached hydrogens (tertiary/aromatic N) is 3. The summed E-state index contributed by atoms with van der Waals surface area (Å²) in [6, 6.07) is 6.21. The molecule has 5 rings (SSSR count). The van der Waals surface area contributed by atoms with E-state index in [1.54, 1.807) is 21.9 Å². The first-order chi connectivity index (χ1) is 14.9. The summed E-state index contributed by atoms with van der Waals surface area (Å²) < 4.78 is 33.7. The molecule has 9 heteroatoms. The zero-order valence-corrected chi connectivity index (χ0v) is 17.3. The van der Waals surface area contributed by atoms with E-state index in [9.17, 15) is 18.4 Å². The fourth-order valence-corrected chi connectivity index (χ4v) is 5.11. The summed E-state index contributed by atoms with van der Waals surface area (Å²) in [5.41, 5.74) is -0.390. The highest BCUT2D eigenvalue weighted by Gasteiger charge is 2.58. The highest BCUT2D eigenvalue weighted by molar-refractivity contribution is 6.33. The summed E-state index contributed by atoms with van der Waals surface area (Å²) >= 11 is 6.09. The Morgan fingerprint density at radius 2 is 1.87 bits per heavy atom. The molecule has 1 spiro atoms. The molecule has 6 nitrogen and oxygen atoms in total. The maximum atomic E-state index is 13.7. The SMILES string of the molecule is O=C(c1ncccc1Cl)N1CCC2(CC1)O[C@@H]1CC[C@@H](c3cc(F)cc(F)c3)N1C2=O. The second kappa shape index (κ2) is 7.53. The average molecular weight is 448 g/mol. The number of pyridine rings is 1. The Balaban J connectivity index is 1.32. The molecule has 4 heterocycles. The van der Waals surface area contributed by atoms with Gasteiger partial charge in [-0.25, -0.2) is 13.8 Å². The lowest BCUT2D eigenvalue weighted by Gasteiger charge is -2.37. The Morgan fingerprint density at radius 3 is 2.55 bits per heavy atom. The summed E-state index contributed by atoms with van der Waals surface area (Å²) in [5, 5.41) is 0.284. The Bertz CT molecular complexity index is 1040. The minimum absolute atomic E-state index is 0.173. The molecular weight excluding hydrogens is 428 g/mol. The van der Waals surface area contributed by atoms with E-state index < -0.39 is 29.5 Å². The van der Waals surface area contributed by atoms with Gasteiger partial charge in [0.25, 0.3) is 11.8 Å². The second-order valence-electron chi connectivity index (χ2n) is 8.20. The molecule has 1 aromatic heterocycles. The molecule has 1 aromatic carbocycles. The van der Waals surface area contributed by atoms with Crippen molar-refractivity contribution in [3.05, 3.63) is 64.4 Å². The third-order valence-electron chi connectivity index (χ3n) is 6.41. The number of fused-ring (bicyclic) bond motifs is 1. The van der Waals surface area contributed by atoms with Gasteiger partial charge in [-0.15, -0.1) is 0 Å². The Labute approximate surface area is 182 Å². The van der Waals surface area contributed by atoms with Gasteiger partial charge in [0.2, 0.25) is 0 Å². The molecule has 0 bridgehead atoms. The van der Waals surface area contributed by atoms with E-state index in [-0.39, 0.29) is 22.5 Å². The third-order valence-corrected chi connectivity index (χ3v) is 6.71. The number of carbonyl (C=O) groups excluding carboxylic acids is 2. The van der Waals surface area contributed by atoms with Crippen molar-refractivity contribution in [1.29, 1.82) is 0 Å². The number of piperidine rings is 1. The van der Waals surface area contributed by atoms with Gasteiger partial charge in [-0.2, -0.15) is 0 Å². The number of halogens is 3. The standard InChI is InChI=1S/C22H20ClF2N3O3/c23-16-2-1-7-26-19(16)20(29)27-8-5-22(6-9-27)21(30)28-17(3-4-18(28)31-22)13-10-14(24)12-15(25)11-13/h1-2,7,10-12,17-18H,3-6,8-9H2/t17-,18+/m0/s1. The fourth-order valence-electron chi connectivity index (χ4n) is 4.90. The lowest BCUT2D eigenvalue weighted by molar-refractivity contribution is -0.142. The van der Waals surface area contributed by atoms with Crippen LogP contribution in [0.1, 0.15) is 47.8 Å². The largest absolute Gasteiger partial charge is 0.342 e. The molecular formula is C22H20ClF2N3O3. The van der Waals surface area contributed by atoms with Crippen LogP contribution in [0.5, 0.6) is 0 Å². The smallest absolute Gasteiger partial charge is 0.274 e. The van der Waals surface area contributed by atoms with E-state index >= 15 is 0 Å². The number of benzene rings is 1. The summed E-state index contributed by atoms with van der Waals surface area (Å²) in [4.78, 5) is 33.5. The maximum absolute atomic E-state index is 13.7. The van der Waals surface area contributed by atoms with Crippen LogP contribution in [-0.2, 0) is 9.53 Å². The topological polar surface area (TPSA) is 62.7 Å².